The summed E-state index contributed by atoms with van der Waals surface area (Å²) >= 11 is 0. The zero-order chi connectivity index (χ0) is 14.4. The van der Waals surface area contributed by atoms with Gasteiger partial charge in [-0.05, 0) is 19.5 Å². The second kappa shape index (κ2) is 7.62. The van der Waals surface area contributed by atoms with Gasteiger partial charge >= 0.3 is 0 Å². The monoisotopic (exact) mass is 278 g/mol. The van der Waals surface area contributed by atoms with E-state index in [-0.39, 0.29) is 12.1 Å². The highest BCUT2D eigenvalue weighted by atomic mass is 16.5. The SMILES string of the molecule is CCN1CCOC(CNC(C)c2ccccc2OC)C1. The van der Waals surface area contributed by atoms with Crippen molar-refractivity contribution in [3.63, 3.8) is 0 Å². The van der Waals surface area contributed by atoms with Crippen LogP contribution in [0.15, 0.2) is 24.3 Å². The number of para-hydroxylation sites is 1. The summed E-state index contributed by atoms with van der Waals surface area (Å²) in [6.07, 6.45) is 0.279. The molecule has 1 aromatic rings. The van der Waals surface area contributed by atoms with Crippen molar-refractivity contribution in [3.8, 4) is 5.75 Å². The third kappa shape index (κ3) is 3.95. The molecule has 4 heteroatoms. The zero-order valence-electron chi connectivity index (χ0n) is 12.8. The van der Waals surface area contributed by atoms with Gasteiger partial charge in [0.15, 0.2) is 0 Å². The van der Waals surface area contributed by atoms with Crippen LogP contribution in [0.1, 0.15) is 25.5 Å². The summed E-state index contributed by atoms with van der Waals surface area (Å²) in [6.45, 7) is 9.24. The van der Waals surface area contributed by atoms with Crippen LogP contribution in [0, 0.1) is 0 Å². The number of hydrogen-bond acceptors (Lipinski definition) is 4. The zero-order valence-corrected chi connectivity index (χ0v) is 12.8. The molecule has 0 radical (unpaired) electrons. The molecule has 2 unspecified atom stereocenters. The molecule has 0 aromatic heterocycles. The number of hydrogen-bond donors (Lipinski definition) is 1. The quantitative estimate of drug-likeness (QED) is 0.863. The fourth-order valence-corrected chi connectivity index (χ4v) is 2.63. The van der Waals surface area contributed by atoms with E-state index < -0.39 is 0 Å². The Hall–Kier alpha value is -1.10. The van der Waals surface area contributed by atoms with Gasteiger partial charge in [-0.2, -0.15) is 0 Å². The molecule has 1 aliphatic heterocycles. The molecule has 0 amide bonds. The van der Waals surface area contributed by atoms with E-state index in [2.05, 4.69) is 30.1 Å². The number of likely N-dealkylation sites (N-methyl/N-ethyl adjacent to an activating group) is 1. The van der Waals surface area contributed by atoms with Crippen molar-refractivity contribution in [2.24, 2.45) is 0 Å². The normalized spacial score (nSPS) is 21.6. The van der Waals surface area contributed by atoms with E-state index in [9.17, 15) is 0 Å². The molecule has 1 aromatic carbocycles. The molecule has 1 fully saturated rings. The lowest BCUT2D eigenvalue weighted by molar-refractivity contribution is -0.0262. The smallest absolute Gasteiger partial charge is 0.123 e. The van der Waals surface area contributed by atoms with E-state index >= 15 is 0 Å². The van der Waals surface area contributed by atoms with E-state index in [1.807, 2.05) is 18.2 Å². The van der Waals surface area contributed by atoms with Crippen LogP contribution < -0.4 is 10.1 Å². The van der Waals surface area contributed by atoms with Gasteiger partial charge in [0.2, 0.25) is 0 Å². The fourth-order valence-electron chi connectivity index (χ4n) is 2.63. The molecule has 1 heterocycles. The Kier molecular flexibility index (Phi) is 5.83. The third-order valence-corrected chi connectivity index (χ3v) is 3.93. The summed E-state index contributed by atoms with van der Waals surface area (Å²) in [7, 11) is 1.72. The molecule has 1 N–H and O–H groups in total. The number of rotatable bonds is 6. The van der Waals surface area contributed by atoms with Crippen molar-refractivity contribution < 1.29 is 9.47 Å². The van der Waals surface area contributed by atoms with Crippen molar-refractivity contribution in [2.75, 3.05) is 39.9 Å². The Bertz CT molecular complexity index is 411. The fraction of sp³-hybridized carbons (Fsp3) is 0.625. The van der Waals surface area contributed by atoms with Crippen LogP contribution in [-0.2, 0) is 4.74 Å². The molecule has 2 rings (SSSR count). The van der Waals surface area contributed by atoms with Crippen molar-refractivity contribution in [2.45, 2.75) is 26.0 Å². The predicted molar refractivity (Wildman–Crippen MR) is 81.3 cm³/mol. The Balaban J connectivity index is 1.87. The van der Waals surface area contributed by atoms with Gasteiger partial charge in [-0.1, -0.05) is 25.1 Å². The van der Waals surface area contributed by atoms with Gasteiger partial charge in [-0.25, -0.2) is 0 Å². The third-order valence-electron chi connectivity index (χ3n) is 3.93. The van der Waals surface area contributed by atoms with Crippen LogP contribution in [-0.4, -0.2) is 50.9 Å². The number of benzene rings is 1. The molecule has 1 saturated heterocycles. The van der Waals surface area contributed by atoms with Crippen LogP contribution in [0.2, 0.25) is 0 Å². The first-order valence-corrected chi connectivity index (χ1v) is 7.44. The van der Waals surface area contributed by atoms with Crippen molar-refractivity contribution in [1.82, 2.24) is 10.2 Å². The maximum absolute atomic E-state index is 5.82. The molecule has 0 spiro atoms. The number of morpholine rings is 1. The summed E-state index contributed by atoms with van der Waals surface area (Å²) in [4.78, 5) is 2.43. The molecule has 1 aliphatic rings. The minimum atomic E-state index is 0.256. The highest BCUT2D eigenvalue weighted by molar-refractivity contribution is 5.35. The summed E-state index contributed by atoms with van der Waals surface area (Å²) in [5, 5.41) is 3.56. The molecule has 0 aliphatic carbocycles. The Labute approximate surface area is 122 Å². The summed E-state index contributed by atoms with van der Waals surface area (Å²) in [6, 6.07) is 8.41. The van der Waals surface area contributed by atoms with Crippen LogP contribution in [0.3, 0.4) is 0 Å². The first-order valence-electron chi connectivity index (χ1n) is 7.44. The lowest BCUT2D eigenvalue weighted by Gasteiger charge is -2.33. The Morgan fingerprint density at radius 3 is 3.00 bits per heavy atom. The van der Waals surface area contributed by atoms with Crippen LogP contribution in [0.4, 0.5) is 0 Å². The molecule has 0 saturated carbocycles. The topological polar surface area (TPSA) is 33.7 Å². The van der Waals surface area contributed by atoms with Gasteiger partial charge in [0.05, 0.1) is 19.8 Å². The van der Waals surface area contributed by atoms with Gasteiger partial charge in [0, 0.05) is 31.2 Å². The minimum absolute atomic E-state index is 0.256. The van der Waals surface area contributed by atoms with Gasteiger partial charge in [-0.15, -0.1) is 0 Å². The second-order valence-electron chi connectivity index (χ2n) is 5.26. The largest absolute Gasteiger partial charge is 0.496 e. The van der Waals surface area contributed by atoms with Crippen molar-refractivity contribution in [3.05, 3.63) is 29.8 Å². The summed E-state index contributed by atoms with van der Waals surface area (Å²) < 4.78 is 11.2. The van der Waals surface area contributed by atoms with Crippen molar-refractivity contribution >= 4 is 0 Å². The van der Waals surface area contributed by atoms with Gasteiger partial charge in [0.25, 0.3) is 0 Å². The molecule has 0 bridgehead atoms. The summed E-state index contributed by atoms with van der Waals surface area (Å²) in [5.74, 6) is 0.937. The molecular formula is C16H26N2O2. The maximum atomic E-state index is 5.82. The van der Waals surface area contributed by atoms with E-state index in [0.29, 0.717) is 0 Å². The van der Waals surface area contributed by atoms with E-state index in [0.717, 1.165) is 38.5 Å². The summed E-state index contributed by atoms with van der Waals surface area (Å²) in [5.41, 5.74) is 1.19. The van der Waals surface area contributed by atoms with Gasteiger partial charge < -0.3 is 14.8 Å². The van der Waals surface area contributed by atoms with E-state index in [4.69, 9.17) is 9.47 Å². The lowest BCUT2D eigenvalue weighted by Crippen LogP contribution is -2.46. The average Bonchev–Trinajstić information content (AvgIpc) is 2.52. The maximum Gasteiger partial charge on any atom is 0.123 e. The van der Waals surface area contributed by atoms with Gasteiger partial charge in [-0.3, -0.25) is 4.90 Å². The molecule has 4 nitrogen and oxygen atoms in total. The molecule has 2 atom stereocenters. The highest BCUT2D eigenvalue weighted by Crippen LogP contribution is 2.24. The van der Waals surface area contributed by atoms with Crippen LogP contribution in [0.5, 0.6) is 5.75 Å². The Morgan fingerprint density at radius 1 is 1.45 bits per heavy atom. The lowest BCUT2D eigenvalue weighted by atomic mass is 10.1. The van der Waals surface area contributed by atoms with Crippen molar-refractivity contribution in [1.29, 1.82) is 0 Å². The van der Waals surface area contributed by atoms with E-state index in [1.165, 1.54) is 5.56 Å². The molecular weight excluding hydrogens is 252 g/mol. The Morgan fingerprint density at radius 2 is 2.25 bits per heavy atom. The second-order valence-corrected chi connectivity index (χ2v) is 5.26. The number of methoxy groups -OCH3 is 1. The van der Waals surface area contributed by atoms with Crippen LogP contribution >= 0.6 is 0 Å². The minimum Gasteiger partial charge on any atom is -0.496 e. The first kappa shape index (κ1) is 15.3. The number of nitrogens with zero attached hydrogens (tertiary/aromatic N) is 1. The van der Waals surface area contributed by atoms with E-state index in [1.54, 1.807) is 7.11 Å². The average molecular weight is 278 g/mol. The number of nitrogens with one attached hydrogen (secondary N) is 1. The standard InChI is InChI=1S/C16H26N2O2/c1-4-18-9-10-20-14(12-18)11-17-13(2)15-7-5-6-8-16(15)19-3/h5-8,13-14,17H,4,9-12H2,1-3H3. The predicted octanol–water partition coefficient (Wildman–Crippen LogP) is 2.07. The molecule has 20 heavy (non-hydrogen) atoms. The molecule has 112 valence electrons. The van der Waals surface area contributed by atoms with Gasteiger partial charge in [0.1, 0.15) is 5.75 Å². The first-order chi connectivity index (χ1) is 9.74. The highest BCUT2D eigenvalue weighted by Gasteiger charge is 2.20. The number of ether oxygens (including phenoxy) is 2. The van der Waals surface area contributed by atoms with Crippen LogP contribution in [0.25, 0.3) is 0 Å².